The average molecular weight is 312 g/mol. The summed E-state index contributed by atoms with van der Waals surface area (Å²) in [7, 11) is 0. The van der Waals surface area contributed by atoms with E-state index in [1.165, 1.54) is 0 Å². The zero-order valence-corrected chi connectivity index (χ0v) is 12.7. The van der Waals surface area contributed by atoms with E-state index >= 15 is 0 Å². The van der Waals surface area contributed by atoms with Gasteiger partial charge in [-0.05, 0) is 24.9 Å². The molecule has 3 aliphatic heterocycles. The van der Waals surface area contributed by atoms with Crippen LogP contribution in [0.3, 0.4) is 0 Å². The van der Waals surface area contributed by atoms with Gasteiger partial charge in [0.25, 0.3) is 0 Å². The van der Waals surface area contributed by atoms with Crippen LogP contribution in [0, 0.1) is 0 Å². The minimum atomic E-state index is 0.239. The second-order valence-corrected chi connectivity index (χ2v) is 6.16. The van der Waals surface area contributed by atoms with Gasteiger partial charge in [0.15, 0.2) is 0 Å². The molecule has 0 spiro atoms. The molecule has 3 fully saturated rings. The van der Waals surface area contributed by atoms with Crippen LogP contribution in [0.15, 0.2) is 0 Å². The standard InChI is InChI=1S/C13H18ClN5O2/c1-8-6-20-3-2-18(8)12-15-11(14)16-13(17-12)19-5-10-4-9(19)7-21-10/h8-10H,2-7H2,1H3/t8-,9+,10+/m1/s1. The van der Waals surface area contributed by atoms with Crippen LogP contribution in [-0.4, -0.2) is 66.0 Å². The Bertz CT molecular complexity index is 525. The summed E-state index contributed by atoms with van der Waals surface area (Å²) in [6, 6.07) is 0.604. The van der Waals surface area contributed by atoms with E-state index < -0.39 is 0 Å². The first kappa shape index (κ1) is 13.5. The van der Waals surface area contributed by atoms with Gasteiger partial charge in [-0.1, -0.05) is 0 Å². The molecule has 0 unspecified atom stereocenters. The van der Waals surface area contributed by atoms with Crippen LogP contribution in [0.25, 0.3) is 0 Å². The van der Waals surface area contributed by atoms with Crippen molar-refractivity contribution in [2.24, 2.45) is 0 Å². The van der Waals surface area contributed by atoms with E-state index in [1.54, 1.807) is 0 Å². The van der Waals surface area contributed by atoms with Gasteiger partial charge in [-0.15, -0.1) is 0 Å². The van der Waals surface area contributed by atoms with Crippen LogP contribution in [0.2, 0.25) is 5.28 Å². The third-order valence-corrected chi connectivity index (χ3v) is 4.54. The molecule has 8 heteroatoms. The summed E-state index contributed by atoms with van der Waals surface area (Å²) in [5.41, 5.74) is 0. The molecule has 3 aliphatic rings. The van der Waals surface area contributed by atoms with Crippen LogP contribution in [0.4, 0.5) is 11.9 Å². The Morgan fingerprint density at radius 2 is 1.95 bits per heavy atom. The molecule has 0 aliphatic carbocycles. The smallest absolute Gasteiger partial charge is 0.231 e. The number of hydrogen-bond donors (Lipinski definition) is 0. The monoisotopic (exact) mass is 311 g/mol. The molecule has 114 valence electrons. The predicted octanol–water partition coefficient (Wildman–Crippen LogP) is 0.728. The van der Waals surface area contributed by atoms with E-state index in [1.807, 2.05) is 0 Å². The van der Waals surface area contributed by atoms with Gasteiger partial charge in [0.05, 0.1) is 38.0 Å². The number of ether oxygens (including phenoxy) is 2. The molecule has 1 aromatic rings. The van der Waals surface area contributed by atoms with Gasteiger partial charge in [0.2, 0.25) is 17.2 Å². The van der Waals surface area contributed by atoms with Gasteiger partial charge in [-0.25, -0.2) is 0 Å². The fourth-order valence-corrected chi connectivity index (χ4v) is 3.41. The van der Waals surface area contributed by atoms with Crippen molar-refractivity contribution in [1.29, 1.82) is 0 Å². The average Bonchev–Trinajstić information content (AvgIpc) is 3.10. The molecular formula is C13H18ClN5O2. The highest BCUT2D eigenvalue weighted by atomic mass is 35.5. The summed E-state index contributed by atoms with van der Waals surface area (Å²) in [5.74, 6) is 1.31. The number of morpholine rings is 2. The van der Waals surface area contributed by atoms with Crippen LogP contribution in [0.5, 0.6) is 0 Å². The SMILES string of the molecule is C[C@@H]1COCCN1c1nc(Cl)nc(N2C[C@@H]3C[C@H]2CO3)n1. The lowest BCUT2D eigenvalue weighted by atomic mass is 10.2. The van der Waals surface area contributed by atoms with Gasteiger partial charge in [0, 0.05) is 13.1 Å². The second kappa shape index (κ2) is 5.23. The maximum absolute atomic E-state index is 6.12. The molecule has 1 aromatic heterocycles. The minimum absolute atomic E-state index is 0.239. The molecule has 0 aromatic carbocycles. The predicted molar refractivity (Wildman–Crippen MR) is 78.0 cm³/mol. The zero-order valence-electron chi connectivity index (χ0n) is 11.9. The lowest BCUT2D eigenvalue weighted by Gasteiger charge is -2.34. The molecule has 0 N–H and O–H groups in total. The second-order valence-electron chi connectivity index (χ2n) is 5.82. The van der Waals surface area contributed by atoms with Gasteiger partial charge < -0.3 is 19.3 Å². The van der Waals surface area contributed by atoms with Crippen molar-refractivity contribution in [3.63, 3.8) is 0 Å². The fourth-order valence-electron chi connectivity index (χ4n) is 3.26. The summed E-state index contributed by atoms with van der Waals surface area (Å²) in [6.07, 6.45) is 1.35. The van der Waals surface area contributed by atoms with Crippen LogP contribution < -0.4 is 9.80 Å². The Kier molecular flexibility index (Phi) is 3.35. The quantitative estimate of drug-likeness (QED) is 0.797. The highest BCUT2D eigenvalue weighted by molar-refractivity contribution is 6.28. The number of nitrogens with zero attached hydrogens (tertiary/aromatic N) is 5. The van der Waals surface area contributed by atoms with Gasteiger partial charge in [0.1, 0.15) is 0 Å². The summed E-state index contributed by atoms with van der Waals surface area (Å²) in [6.45, 7) is 5.82. The maximum atomic E-state index is 6.12. The number of halogens is 1. The molecule has 0 radical (unpaired) electrons. The summed E-state index contributed by atoms with van der Waals surface area (Å²) >= 11 is 6.12. The van der Waals surface area contributed by atoms with E-state index in [0.29, 0.717) is 37.3 Å². The van der Waals surface area contributed by atoms with E-state index in [2.05, 4.69) is 31.7 Å². The first-order valence-corrected chi connectivity index (χ1v) is 7.72. The van der Waals surface area contributed by atoms with Crippen molar-refractivity contribution in [2.75, 3.05) is 42.7 Å². The molecule has 21 heavy (non-hydrogen) atoms. The summed E-state index contributed by atoms with van der Waals surface area (Å²) in [4.78, 5) is 17.6. The van der Waals surface area contributed by atoms with Crippen molar-refractivity contribution in [2.45, 2.75) is 31.5 Å². The Balaban J connectivity index is 1.63. The van der Waals surface area contributed by atoms with Crippen molar-refractivity contribution in [1.82, 2.24) is 15.0 Å². The molecule has 4 heterocycles. The topological polar surface area (TPSA) is 63.6 Å². The fraction of sp³-hybridized carbons (Fsp3) is 0.769. The summed E-state index contributed by atoms with van der Waals surface area (Å²) in [5, 5.41) is 0.248. The Labute approximate surface area is 128 Å². The normalized spacial score (nSPS) is 32.0. The molecule has 0 amide bonds. The summed E-state index contributed by atoms with van der Waals surface area (Å²) < 4.78 is 11.1. The van der Waals surface area contributed by atoms with Crippen molar-refractivity contribution in [3.8, 4) is 0 Å². The van der Waals surface area contributed by atoms with Gasteiger partial charge in [-0.3, -0.25) is 0 Å². The van der Waals surface area contributed by atoms with Crippen molar-refractivity contribution in [3.05, 3.63) is 5.28 Å². The van der Waals surface area contributed by atoms with E-state index in [0.717, 1.165) is 26.1 Å². The number of hydrogen-bond acceptors (Lipinski definition) is 7. The highest BCUT2D eigenvalue weighted by Crippen LogP contribution is 2.31. The van der Waals surface area contributed by atoms with Crippen molar-refractivity contribution >= 4 is 23.5 Å². The molecule has 3 saturated heterocycles. The maximum Gasteiger partial charge on any atom is 0.231 e. The van der Waals surface area contributed by atoms with Crippen LogP contribution in [0.1, 0.15) is 13.3 Å². The van der Waals surface area contributed by atoms with E-state index in [4.69, 9.17) is 21.1 Å². The largest absolute Gasteiger partial charge is 0.377 e. The van der Waals surface area contributed by atoms with Crippen LogP contribution >= 0.6 is 11.6 Å². The third-order valence-electron chi connectivity index (χ3n) is 4.37. The Hall–Kier alpha value is -1.18. The lowest BCUT2D eigenvalue weighted by Crippen LogP contribution is -2.45. The van der Waals surface area contributed by atoms with Gasteiger partial charge >= 0.3 is 0 Å². The van der Waals surface area contributed by atoms with Gasteiger partial charge in [-0.2, -0.15) is 15.0 Å². The molecule has 4 rings (SSSR count). The molecule has 3 atom stereocenters. The zero-order chi connectivity index (χ0) is 14.4. The first-order chi connectivity index (χ1) is 10.2. The van der Waals surface area contributed by atoms with Crippen molar-refractivity contribution < 1.29 is 9.47 Å². The molecular weight excluding hydrogens is 294 g/mol. The first-order valence-electron chi connectivity index (χ1n) is 7.35. The van der Waals surface area contributed by atoms with E-state index in [-0.39, 0.29) is 11.3 Å². The molecule has 2 bridgehead atoms. The number of rotatable bonds is 2. The Morgan fingerprint density at radius 3 is 2.62 bits per heavy atom. The molecule has 0 saturated carbocycles. The van der Waals surface area contributed by atoms with E-state index in [9.17, 15) is 0 Å². The lowest BCUT2D eigenvalue weighted by molar-refractivity contribution is 0.0974. The molecule has 7 nitrogen and oxygen atoms in total. The third kappa shape index (κ3) is 2.43. The number of anilines is 2. The minimum Gasteiger partial charge on any atom is -0.377 e. The number of aromatic nitrogens is 3. The van der Waals surface area contributed by atoms with Crippen LogP contribution in [-0.2, 0) is 9.47 Å². The highest BCUT2D eigenvalue weighted by Gasteiger charge is 2.40. The Morgan fingerprint density at radius 1 is 1.14 bits per heavy atom. The number of fused-ring (bicyclic) bond motifs is 2.